The van der Waals surface area contributed by atoms with Crippen LogP contribution < -0.4 is 0 Å². The second kappa shape index (κ2) is 6.10. The van der Waals surface area contributed by atoms with Gasteiger partial charge in [0.25, 0.3) is 0 Å². The Bertz CT molecular complexity index is 454. The van der Waals surface area contributed by atoms with Crippen molar-refractivity contribution in [2.45, 2.75) is 63.5 Å². The molecule has 1 aromatic rings. The van der Waals surface area contributed by atoms with E-state index < -0.39 is 0 Å². The fourth-order valence-corrected chi connectivity index (χ4v) is 4.13. The highest BCUT2D eigenvalue weighted by molar-refractivity contribution is 5.27. The monoisotopic (exact) mass is 287 g/mol. The highest BCUT2D eigenvalue weighted by atomic mass is 16.3. The minimum atomic E-state index is -0.203. The Labute approximate surface area is 129 Å². The van der Waals surface area contributed by atoms with Crippen LogP contribution in [0.5, 0.6) is 0 Å². The average Bonchev–Trinajstić information content (AvgIpc) is 3.35. The van der Waals surface area contributed by atoms with Gasteiger partial charge in [0.2, 0.25) is 0 Å². The van der Waals surface area contributed by atoms with Gasteiger partial charge in [-0.15, -0.1) is 0 Å². The Morgan fingerprint density at radius 1 is 1.19 bits per heavy atom. The molecule has 4 unspecified atom stereocenters. The van der Waals surface area contributed by atoms with Gasteiger partial charge in [-0.1, -0.05) is 43.7 Å². The van der Waals surface area contributed by atoms with Gasteiger partial charge in [0.1, 0.15) is 0 Å². The predicted octanol–water partition coefficient (Wildman–Crippen LogP) is 3.81. The maximum atomic E-state index is 11.1. The number of aliphatic hydroxyl groups is 1. The van der Waals surface area contributed by atoms with Crippen LogP contribution in [0.2, 0.25) is 0 Å². The van der Waals surface area contributed by atoms with E-state index in [1.54, 1.807) is 0 Å². The predicted molar refractivity (Wildman–Crippen MR) is 87.4 cm³/mol. The molecule has 4 atom stereocenters. The summed E-state index contributed by atoms with van der Waals surface area (Å²) in [4.78, 5) is 2.56. The number of aliphatic hydroxyl groups excluding tert-OH is 1. The molecule has 2 aliphatic rings. The van der Waals surface area contributed by atoms with Crippen LogP contribution in [0.15, 0.2) is 30.3 Å². The van der Waals surface area contributed by atoms with Crippen LogP contribution in [-0.2, 0) is 0 Å². The van der Waals surface area contributed by atoms with Crippen molar-refractivity contribution in [1.82, 2.24) is 4.90 Å². The Balaban J connectivity index is 1.70. The third-order valence-electron chi connectivity index (χ3n) is 5.90. The van der Waals surface area contributed by atoms with Gasteiger partial charge in [-0.25, -0.2) is 0 Å². The van der Waals surface area contributed by atoms with Gasteiger partial charge in [0.05, 0.1) is 6.10 Å². The third-order valence-corrected chi connectivity index (χ3v) is 5.90. The smallest absolute Gasteiger partial charge is 0.0755 e. The van der Waals surface area contributed by atoms with Crippen LogP contribution in [0.4, 0.5) is 0 Å². The topological polar surface area (TPSA) is 23.5 Å². The van der Waals surface area contributed by atoms with Crippen LogP contribution in [0.1, 0.15) is 57.4 Å². The van der Waals surface area contributed by atoms with Crippen molar-refractivity contribution in [2.24, 2.45) is 5.92 Å². The molecule has 1 aliphatic heterocycles. The van der Waals surface area contributed by atoms with Crippen molar-refractivity contribution in [3.05, 3.63) is 35.9 Å². The van der Waals surface area contributed by atoms with Gasteiger partial charge in [-0.05, 0) is 63.1 Å². The maximum absolute atomic E-state index is 11.1. The second-order valence-corrected chi connectivity index (χ2v) is 7.12. The number of hydrogen-bond donors (Lipinski definition) is 1. The summed E-state index contributed by atoms with van der Waals surface area (Å²) in [6.07, 6.45) is 5.90. The van der Waals surface area contributed by atoms with Crippen molar-refractivity contribution in [3.8, 4) is 0 Å². The first-order valence-corrected chi connectivity index (χ1v) is 8.65. The van der Waals surface area contributed by atoms with Crippen molar-refractivity contribution < 1.29 is 5.11 Å². The van der Waals surface area contributed by atoms with Gasteiger partial charge in [-0.2, -0.15) is 0 Å². The normalized spacial score (nSPS) is 30.6. The van der Waals surface area contributed by atoms with Crippen LogP contribution in [-0.4, -0.2) is 34.7 Å². The summed E-state index contributed by atoms with van der Waals surface area (Å²) in [7, 11) is 0. The molecule has 2 fully saturated rings. The summed E-state index contributed by atoms with van der Waals surface area (Å²) in [6.45, 7) is 6.83. The first-order valence-electron chi connectivity index (χ1n) is 8.65. The highest BCUT2D eigenvalue weighted by Gasteiger charge is 2.51. The molecule has 1 N–H and O–H groups in total. The number of rotatable bonds is 5. The molecule has 0 radical (unpaired) electrons. The van der Waals surface area contributed by atoms with Crippen LogP contribution in [0.3, 0.4) is 0 Å². The lowest BCUT2D eigenvalue weighted by molar-refractivity contribution is -0.0448. The van der Waals surface area contributed by atoms with Crippen molar-refractivity contribution >= 4 is 0 Å². The highest BCUT2D eigenvalue weighted by Crippen LogP contribution is 2.52. The molecule has 0 spiro atoms. The summed E-state index contributed by atoms with van der Waals surface area (Å²) >= 11 is 0. The lowest BCUT2D eigenvalue weighted by Crippen LogP contribution is -2.56. The maximum Gasteiger partial charge on any atom is 0.0755 e. The minimum Gasteiger partial charge on any atom is -0.391 e. The van der Waals surface area contributed by atoms with Crippen molar-refractivity contribution in [2.75, 3.05) is 13.1 Å². The quantitative estimate of drug-likeness (QED) is 0.890. The van der Waals surface area contributed by atoms with Crippen molar-refractivity contribution in [3.63, 3.8) is 0 Å². The zero-order valence-corrected chi connectivity index (χ0v) is 13.5. The van der Waals surface area contributed by atoms with E-state index in [4.69, 9.17) is 0 Å². The van der Waals surface area contributed by atoms with E-state index in [9.17, 15) is 5.11 Å². The van der Waals surface area contributed by atoms with E-state index in [2.05, 4.69) is 49.1 Å². The fourth-order valence-electron chi connectivity index (χ4n) is 4.13. The minimum absolute atomic E-state index is 0.0470. The molecule has 1 saturated carbocycles. The molecule has 3 rings (SSSR count). The lowest BCUT2D eigenvalue weighted by Gasteiger charge is -2.46. The molecule has 116 valence electrons. The zero-order chi connectivity index (χ0) is 14.9. The van der Waals surface area contributed by atoms with Gasteiger partial charge in [-0.3, -0.25) is 4.90 Å². The number of likely N-dealkylation sites (tertiary alicyclic amines) is 1. The molecule has 0 bridgehead atoms. The Morgan fingerprint density at radius 3 is 2.48 bits per heavy atom. The van der Waals surface area contributed by atoms with E-state index in [0.29, 0.717) is 11.8 Å². The molecule has 0 aromatic heterocycles. The molecule has 1 aromatic carbocycles. The van der Waals surface area contributed by atoms with Gasteiger partial charge in [0, 0.05) is 5.54 Å². The number of benzene rings is 1. The van der Waals surface area contributed by atoms with E-state index in [1.807, 2.05) is 0 Å². The molecule has 2 nitrogen and oxygen atoms in total. The summed E-state index contributed by atoms with van der Waals surface area (Å²) < 4.78 is 0. The fraction of sp³-hybridized carbons (Fsp3) is 0.684. The zero-order valence-electron chi connectivity index (χ0n) is 13.5. The molecule has 1 aliphatic carbocycles. The standard InChI is InChI=1S/C19H29NO/c1-3-19(2,20-12-8-5-9-13-20)18(21)17-14-16(17)15-10-6-4-7-11-15/h4,6-7,10-11,16-18,21H,3,5,8-9,12-14H2,1-2H3. The second-order valence-electron chi connectivity index (χ2n) is 7.12. The third kappa shape index (κ3) is 2.89. The molecular weight excluding hydrogens is 258 g/mol. The largest absolute Gasteiger partial charge is 0.391 e. The molecule has 21 heavy (non-hydrogen) atoms. The van der Waals surface area contributed by atoms with Crippen molar-refractivity contribution in [1.29, 1.82) is 0 Å². The Hall–Kier alpha value is -0.860. The molecule has 0 amide bonds. The number of hydrogen-bond acceptors (Lipinski definition) is 2. The van der Waals surface area contributed by atoms with E-state index in [0.717, 1.165) is 25.9 Å². The van der Waals surface area contributed by atoms with Gasteiger partial charge in [0.15, 0.2) is 0 Å². The first kappa shape index (κ1) is 15.1. The Morgan fingerprint density at radius 2 is 1.86 bits per heavy atom. The molecule has 1 heterocycles. The van der Waals surface area contributed by atoms with E-state index >= 15 is 0 Å². The molecular formula is C19H29NO. The average molecular weight is 287 g/mol. The van der Waals surface area contributed by atoms with E-state index in [-0.39, 0.29) is 11.6 Å². The first-order chi connectivity index (χ1) is 10.2. The van der Waals surface area contributed by atoms with Crippen LogP contribution >= 0.6 is 0 Å². The molecule has 2 heteroatoms. The lowest BCUT2D eigenvalue weighted by atomic mass is 9.84. The number of nitrogens with zero attached hydrogens (tertiary/aromatic N) is 1. The van der Waals surface area contributed by atoms with Crippen LogP contribution in [0, 0.1) is 5.92 Å². The van der Waals surface area contributed by atoms with Gasteiger partial charge < -0.3 is 5.11 Å². The SMILES string of the molecule is CCC(C)(C(O)C1CC1c1ccccc1)N1CCCCC1. The van der Waals surface area contributed by atoms with Crippen LogP contribution in [0.25, 0.3) is 0 Å². The summed E-state index contributed by atoms with van der Waals surface area (Å²) in [5.74, 6) is 1.01. The number of piperidine rings is 1. The summed E-state index contributed by atoms with van der Waals surface area (Å²) in [6, 6.07) is 10.7. The Kier molecular flexibility index (Phi) is 4.37. The van der Waals surface area contributed by atoms with Gasteiger partial charge >= 0.3 is 0 Å². The molecule has 1 saturated heterocycles. The summed E-state index contributed by atoms with van der Waals surface area (Å²) in [5, 5.41) is 11.1. The summed E-state index contributed by atoms with van der Waals surface area (Å²) in [5.41, 5.74) is 1.35. The van der Waals surface area contributed by atoms with E-state index in [1.165, 1.54) is 24.8 Å².